The zero-order valence-electron chi connectivity index (χ0n) is 16.2. The van der Waals surface area contributed by atoms with Gasteiger partial charge in [-0.2, -0.15) is 0 Å². The van der Waals surface area contributed by atoms with Crippen molar-refractivity contribution in [2.24, 2.45) is 0 Å². The second-order valence-electron chi connectivity index (χ2n) is 6.62. The lowest BCUT2D eigenvalue weighted by molar-refractivity contribution is -0.115. The van der Waals surface area contributed by atoms with Crippen LogP contribution in [0.5, 0.6) is 11.5 Å². The predicted octanol–water partition coefficient (Wildman–Crippen LogP) is 4.62. The van der Waals surface area contributed by atoms with Gasteiger partial charge in [-0.15, -0.1) is 0 Å². The van der Waals surface area contributed by atoms with E-state index in [1.807, 2.05) is 37.3 Å². The van der Waals surface area contributed by atoms with Crippen LogP contribution in [0.15, 0.2) is 41.3 Å². The van der Waals surface area contributed by atoms with Gasteiger partial charge in [-0.3, -0.25) is 9.59 Å². The number of ketones is 1. The van der Waals surface area contributed by atoms with Crippen molar-refractivity contribution in [1.29, 1.82) is 0 Å². The van der Waals surface area contributed by atoms with Gasteiger partial charge >= 0.3 is 0 Å². The third kappa shape index (κ3) is 5.05. The number of thiocarbonyl (C=S) groups is 1. The molecule has 1 amide bonds. The maximum Gasteiger partial charge on any atom is 0.263 e. The minimum absolute atomic E-state index is 0.0409. The van der Waals surface area contributed by atoms with Crippen LogP contribution in [0.3, 0.4) is 0 Å². The van der Waals surface area contributed by atoms with Crippen LogP contribution in [0.4, 0.5) is 0 Å². The Balaban J connectivity index is 1.79. The fourth-order valence-corrected chi connectivity index (χ4v) is 4.10. The van der Waals surface area contributed by atoms with E-state index in [4.69, 9.17) is 17.0 Å². The molecule has 1 aliphatic heterocycles. The smallest absolute Gasteiger partial charge is 0.263 e. The number of phenolic OH excluding ortho intramolecular Hbond substituents is 1. The number of hydrogen-bond acceptors (Lipinski definition) is 6. The number of rotatable bonds is 7. The van der Waals surface area contributed by atoms with Gasteiger partial charge in [0.2, 0.25) is 0 Å². The number of carbonyl (C=O) groups is 2. The van der Waals surface area contributed by atoms with E-state index in [1.165, 1.54) is 18.7 Å². The average Bonchev–Trinajstić information content (AvgIpc) is 2.99. The summed E-state index contributed by atoms with van der Waals surface area (Å²) >= 11 is 6.24. The van der Waals surface area contributed by atoms with E-state index in [1.54, 1.807) is 12.1 Å². The van der Waals surface area contributed by atoms with Crippen molar-refractivity contribution in [3.8, 4) is 11.5 Å². The maximum absolute atomic E-state index is 11.8. The monoisotopic (exact) mass is 427 g/mol. The number of carbonyl (C=O) groups excluding carboxylic acids is 2. The fourth-order valence-electron chi connectivity index (χ4n) is 3.05. The molecule has 0 spiro atoms. The first kappa shape index (κ1) is 21.1. The molecule has 150 valence electrons. The maximum atomic E-state index is 11.8. The standard InChI is InChI=1S/C22H21NO4S2/c1-3-5-18-15(8-9-17(13(2)24)20(18)25)12-27-16-7-4-6-14(10-16)11-19-21(26)23-22(28)29-19/h4,6-11,25H,3,5,12H2,1-2H3,(H,23,26,28)/b19-11-. The van der Waals surface area contributed by atoms with E-state index in [0.29, 0.717) is 27.0 Å². The van der Waals surface area contributed by atoms with E-state index < -0.39 is 0 Å². The van der Waals surface area contributed by atoms with Crippen molar-refractivity contribution in [1.82, 2.24) is 5.32 Å². The summed E-state index contributed by atoms with van der Waals surface area (Å²) in [4.78, 5) is 24.1. The summed E-state index contributed by atoms with van der Waals surface area (Å²) in [6.07, 6.45) is 3.26. The average molecular weight is 428 g/mol. The molecule has 0 aliphatic carbocycles. The Morgan fingerprint density at radius 1 is 1.31 bits per heavy atom. The second kappa shape index (κ2) is 9.24. The number of nitrogens with one attached hydrogen (secondary N) is 1. The van der Waals surface area contributed by atoms with Gasteiger partial charge in [-0.25, -0.2) is 0 Å². The number of phenols is 1. The van der Waals surface area contributed by atoms with Crippen LogP contribution in [0.1, 0.15) is 47.3 Å². The van der Waals surface area contributed by atoms with Gasteiger partial charge in [0.1, 0.15) is 22.4 Å². The topological polar surface area (TPSA) is 75.6 Å². The summed E-state index contributed by atoms with van der Waals surface area (Å²) in [5.41, 5.74) is 2.74. The number of Topliss-reactive ketones (excluding diaryl/α,β-unsaturated/α-hetero) is 1. The molecule has 1 fully saturated rings. The lowest BCUT2D eigenvalue weighted by Crippen LogP contribution is -2.17. The first-order valence-corrected chi connectivity index (χ1v) is 10.4. The van der Waals surface area contributed by atoms with Crippen LogP contribution >= 0.6 is 24.0 Å². The van der Waals surface area contributed by atoms with Crippen LogP contribution < -0.4 is 10.1 Å². The number of aromatic hydroxyl groups is 1. The number of amides is 1. The quantitative estimate of drug-likeness (QED) is 0.382. The summed E-state index contributed by atoms with van der Waals surface area (Å²) in [6.45, 7) is 3.72. The van der Waals surface area contributed by atoms with Crippen LogP contribution in [0.25, 0.3) is 6.08 Å². The molecule has 0 atom stereocenters. The molecule has 5 nitrogen and oxygen atoms in total. The SMILES string of the molecule is CCCc1c(COc2cccc(/C=C3\SC(=S)NC3=O)c2)ccc(C(C)=O)c1O. The van der Waals surface area contributed by atoms with Gasteiger partial charge in [0.25, 0.3) is 5.91 Å². The highest BCUT2D eigenvalue weighted by Gasteiger charge is 2.22. The Bertz CT molecular complexity index is 1010. The van der Waals surface area contributed by atoms with Crippen molar-refractivity contribution in [2.45, 2.75) is 33.3 Å². The molecule has 0 radical (unpaired) electrons. The molecule has 1 aliphatic rings. The van der Waals surface area contributed by atoms with Crippen molar-refractivity contribution in [3.05, 3.63) is 63.6 Å². The molecule has 1 heterocycles. The highest BCUT2D eigenvalue weighted by atomic mass is 32.2. The van der Waals surface area contributed by atoms with Crippen LogP contribution in [0.2, 0.25) is 0 Å². The van der Waals surface area contributed by atoms with Crippen LogP contribution in [-0.4, -0.2) is 21.1 Å². The molecule has 0 unspecified atom stereocenters. The molecule has 2 N–H and O–H groups in total. The molecule has 29 heavy (non-hydrogen) atoms. The van der Waals surface area contributed by atoms with E-state index in [2.05, 4.69) is 5.32 Å². The second-order valence-corrected chi connectivity index (χ2v) is 8.34. The van der Waals surface area contributed by atoms with E-state index in [-0.39, 0.29) is 24.0 Å². The zero-order valence-corrected chi connectivity index (χ0v) is 17.8. The first-order chi connectivity index (χ1) is 13.9. The Kier molecular flexibility index (Phi) is 6.71. The molecule has 0 bridgehead atoms. The molecule has 7 heteroatoms. The van der Waals surface area contributed by atoms with Gasteiger partial charge in [-0.1, -0.05) is 55.5 Å². The molecular weight excluding hydrogens is 406 g/mol. The first-order valence-electron chi connectivity index (χ1n) is 9.21. The Morgan fingerprint density at radius 2 is 2.10 bits per heavy atom. The highest BCUT2D eigenvalue weighted by Crippen LogP contribution is 2.30. The lowest BCUT2D eigenvalue weighted by Gasteiger charge is -2.14. The third-order valence-corrected chi connectivity index (χ3v) is 5.61. The number of ether oxygens (including phenoxy) is 1. The minimum Gasteiger partial charge on any atom is -0.507 e. The fraction of sp³-hybridized carbons (Fsp3) is 0.227. The molecule has 2 aromatic rings. The number of benzene rings is 2. The van der Waals surface area contributed by atoms with E-state index in [0.717, 1.165) is 23.1 Å². The van der Waals surface area contributed by atoms with Gasteiger partial charge in [0, 0.05) is 5.56 Å². The zero-order chi connectivity index (χ0) is 21.0. The van der Waals surface area contributed by atoms with Gasteiger partial charge in [0.15, 0.2) is 5.78 Å². The Morgan fingerprint density at radius 3 is 2.76 bits per heavy atom. The largest absolute Gasteiger partial charge is 0.507 e. The van der Waals surface area contributed by atoms with Crippen molar-refractivity contribution < 1.29 is 19.4 Å². The van der Waals surface area contributed by atoms with Crippen molar-refractivity contribution in [3.63, 3.8) is 0 Å². The molecule has 2 aromatic carbocycles. The number of hydrogen-bond donors (Lipinski definition) is 2. The van der Waals surface area contributed by atoms with Crippen molar-refractivity contribution >= 4 is 46.1 Å². The molecule has 0 aromatic heterocycles. The minimum atomic E-state index is -0.198. The van der Waals surface area contributed by atoms with E-state index >= 15 is 0 Å². The molecule has 3 rings (SSSR count). The van der Waals surface area contributed by atoms with Crippen molar-refractivity contribution in [2.75, 3.05) is 0 Å². The summed E-state index contributed by atoms with van der Waals surface area (Å²) in [5, 5.41) is 13.1. The Labute approximate surface area is 179 Å². The van der Waals surface area contributed by atoms with Gasteiger partial charge < -0.3 is 15.2 Å². The van der Waals surface area contributed by atoms with Gasteiger partial charge in [0.05, 0.1) is 10.5 Å². The summed E-state index contributed by atoms with van der Waals surface area (Å²) < 4.78 is 6.38. The number of thioether (sulfide) groups is 1. The van der Waals surface area contributed by atoms with Crippen LogP contribution in [0, 0.1) is 0 Å². The van der Waals surface area contributed by atoms with Crippen LogP contribution in [-0.2, 0) is 17.8 Å². The summed E-state index contributed by atoms with van der Waals surface area (Å²) in [7, 11) is 0. The summed E-state index contributed by atoms with van der Waals surface area (Å²) in [5.74, 6) is 0.319. The molecule has 1 saturated heterocycles. The molecular formula is C22H21NO4S2. The molecule has 0 saturated carbocycles. The lowest BCUT2D eigenvalue weighted by atomic mass is 9.97. The third-order valence-electron chi connectivity index (χ3n) is 4.45. The predicted molar refractivity (Wildman–Crippen MR) is 119 cm³/mol. The van der Waals surface area contributed by atoms with Gasteiger partial charge in [-0.05, 0) is 48.7 Å². The van der Waals surface area contributed by atoms with E-state index in [9.17, 15) is 14.7 Å². The Hall–Kier alpha value is -2.64. The highest BCUT2D eigenvalue weighted by molar-refractivity contribution is 8.26. The normalized spacial score (nSPS) is 14.9. The summed E-state index contributed by atoms with van der Waals surface area (Å²) in [6, 6.07) is 10.9.